The number of methoxy groups -OCH3 is 1. The maximum atomic E-state index is 12.9. The predicted octanol–water partition coefficient (Wildman–Crippen LogP) is 0.742. The van der Waals surface area contributed by atoms with Crippen molar-refractivity contribution in [2.75, 3.05) is 38.2 Å². The molecule has 0 spiro atoms. The average molecular weight is 368 g/mol. The number of nitrogens with zero attached hydrogens (tertiary/aromatic N) is 4. The van der Waals surface area contributed by atoms with E-state index >= 15 is 0 Å². The van der Waals surface area contributed by atoms with Gasteiger partial charge in [0.1, 0.15) is 11.8 Å². The first kappa shape index (κ1) is 17.7. The highest BCUT2D eigenvalue weighted by Gasteiger charge is 2.34. The number of hydrazine groups is 1. The normalized spacial score (nSPS) is 22.7. The molecule has 4 rings (SSSR count). The molecular weight excluding hydrogens is 344 g/mol. The van der Waals surface area contributed by atoms with Gasteiger partial charge in [-0.25, -0.2) is 20.8 Å². The molecule has 8 heteroatoms. The third-order valence-corrected chi connectivity index (χ3v) is 5.12. The van der Waals surface area contributed by atoms with Gasteiger partial charge in [0, 0.05) is 44.6 Å². The Kier molecular flexibility index (Phi) is 5.17. The van der Waals surface area contributed by atoms with Gasteiger partial charge < -0.3 is 14.5 Å². The summed E-state index contributed by atoms with van der Waals surface area (Å²) in [4.78, 5) is 25.5. The number of anilines is 1. The molecule has 1 aromatic heterocycles. The summed E-state index contributed by atoms with van der Waals surface area (Å²) in [5.41, 5.74) is 7.52. The van der Waals surface area contributed by atoms with Crippen molar-refractivity contribution in [3.63, 3.8) is 0 Å². The quantitative estimate of drug-likeness (QED) is 0.824. The molecule has 2 saturated heterocycles. The zero-order chi connectivity index (χ0) is 18.6. The zero-order valence-corrected chi connectivity index (χ0v) is 15.3. The van der Waals surface area contributed by atoms with E-state index in [1.165, 1.54) is 0 Å². The molecule has 1 aromatic carbocycles. The van der Waals surface area contributed by atoms with Crippen LogP contribution in [0.3, 0.4) is 0 Å². The van der Waals surface area contributed by atoms with E-state index in [1.807, 2.05) is 29.2 Å². The highest BCUT2D eigenvalue weighted by atomic mass is 16.5. The monoisotopic (exact) mass is 368 g/mol. The van der Waals surface area contributed by atoms with Gasteiger partial charge in [-0.2, -0.15) is 0 Å². The number of ether oxygens (including phenoxy) is 1. The van der Waals surface area contributed by atoms with Gasteiger partial charge in [-0.1, -0.05) is 12.1 Å². The molecule has 0 aliphatic carbocycles. The number of carbonyl (C=O) groups excluding carboxylic acids is 1. The molecule has 1 amide bonds. The topological polar surface area (TPSA) is 82.6 Å². The zero-order valence-electron chi connectivity index (χ0n) is 15.3. The first-order valence-corrected chi connectivity index (χ1v) is 9.20. The van der Waals surface area contributed by atoms with E-state index in [0.29, 0.717) is 19.5 Å². The first-order chi connectivity index (χ1) is 13.2. The fourth-order valence-electron chi connectivity index (χ4n) is 3.60. The largest absolute Gasteiger partial charge is 0.497 e. The summed E-state index contributed by atoms with van der Waals surface area (Å²) in [5, 5.41) is 0. The van der Waals surface area contributed by atoms with Gasteiger partial charge in [-0.15, -0.1) is 0 Å². The van der Waals surface area contributed by atoms with Crippen molar-refractivity contribution < 1.29 is 9.53 Å². The summed E-state index contributed by atoms with van der Waals surface area (Å²) in [7, 11) is 1.66. The molecule has 3 heterocycles. The minimum atomic E-state index is -0.222. The van der Waals surface area contributed by atoms with Gasteiger partial charge in [0.2, 0.25) is 11.9 Å². The smallest absolute Gasteiger partial charge is 0.241 e. The van der Waals surface area contributed by atoms with Crippen LogP contribution in [-0.4, -0.2) is 60.1 Å². The van der Waals surface area contributed by atoms with Crippen LogP contribution in [0.1, 0.15) is 18.0 Å². The van der Waals surface area contributed by atoms with Gasteiger partial charge in [-0.3, -0.25) is 4.79 Å². The summed E-state index contributed by atoms with van der Waals surface area (Å²) in [6, 6.07) is 9.62. The van der Waals surface area contributed by atoms with Crippen LogP contribution >= 0.6 is 0 Å². The van der Waals surface area contributed by atoms with Crippen LogP contribution in [0.25, 0.3) is 0 Å². The number of rotatable bonds is 4. The summed E-state index contributed by atoms with van der Waals surface area (Å²) < 4.78 is 5.29. The molecule has 2 N–H and O–H groups in total. The van der Waals surface area contributed by atoms with Crippen LogP contribution in [0.15, 0.2) is 42.7 Å². The summed E-state index contributed by atoms with van der Waals surface area (Å²) >= 11 is 0. The lowest BCUT2D eigenvalue weighted by molar-refractivity contribution is -0.133. The number of hydrogen-bond donors (Lipinski definition) is 2. The number of aromatic nitrogens is 2. The minimum Gasteiger partial charge on any atom is -0.497 e. The van der Waals surface area contributed by atoms with E-state index in [1.54, 1.807) is 25.6 Å². The Morgan fingerprint density at radius 2 is 1.89 bits per heavy atom. The fourth-order valence-corrected chi connectivity index (χ4v) is 3.60. The highest BCUT2D eigenvalue weighted by Crippen LogP contribution is 2.26. The van der Waals surface area contributed by atoms with Gasteiger partial charge in [0.05, 0.1) is 7.11 Å². The molecule has 0 saturated carbocycles. The lowest BCUT2D eigenvalue weighted by Gasteiger charge is -2.35. The molecule has 8 nitrogen and oxygen atoms in total. The minimum absolute atomic E-state index is 0.0908. The molecule has 0 radical (unpaired) electrons. The van der Waals surface area contributed by atoms with E-state index in [-0.39, 0.29) is 18.0 Å². The standard InChI is InChI=1S/C19H24N6O2/c1-27-15-5-2-4-14(12-15)16-13-17(23-22-16)18(26)24-8-10-25(11-9-24)19-20-6-3-7-21-19/h2-7,12,16-17,22-23H,8-11,13H2,1H3. The number of piperazine rings is 1. The van der Waals surface area contributed by atoms with Crippen molar-refractivity contribution in [1.29, 1.82) is 0 Å². The Bertz CT molecular complexity index is 779. The SMILES string of the molecule is COc1cccc(C2CC(C(=O)N3CCN(c4ncccn4)CC3)NN2)c1. The van der Waals surface area contributed by atoms with Crippen molar-refractivity contribution in [2.45, 2.75) is 18.5 Å². The maximum absolute atomic E-state index is 12.9. The summed E-state index contributed by atoms with van der Waals surface area (Å²) in [5.74, 6) is 1.69. The summed E-state index contributed by atoms with van der Waals surface area (Å²) in [6.45, 7) is 2.85. The van der Waals surface area contributed by atoms with Gasteiger partial charge in [-0.05, 0) is 30.2 Å². The second kappa shape index (κ2) is 7.89. The van der Waals surface area contributed by atoms with Gasteiger partial charge >= 0.3 is 0 Å². The first-order valence-electron chi connectivity index (χ1n) is 9.20. The lowest BCUT2D eigenvalue weighted by Crippen LogP contribution is -2.54. The second-order valence-electron chi connectivity index (χ2n) is 6.77. The molecule has 2 fully saturated rings. The van der Waals surface area contributed by atoms with E-state index in [4.69, 9.17) is 4.74 Å². The van der Waals surface area contributed by atoms with E-state index in [2.05, 4.69) is 25.7 Å². The molecule has 0 bridgehead atoms. The van der Waals surface area contributed by atoms with Crippen molar-refractivity contribution in [2.24, 2.45) is 0 Å². The summed E-state index contributed by atoms with van der Waals surface area (Å²) in [6.07, 6.45) is 4.20. The number of nitrogens with one attached hydrogen (secondary N) is 2. The van der Waals surface area contributed by atoms with E-state index in [0.717, 1.165) is 30.4 Å². The molecule has 2 aromatic rings. The fraction of sp³-hybridized carbons (Fsp3) is 0.421. The molecule has 2 aliphatic rings. The Morgan fingerprint density at radius 3 is 2.63 bits per heavy atom. The van der Waals surface area contributed by atoms with Crippen LogP contribution < -0.4 is 20.5 Å². The Morgan fingerprint density at radius 1 is 1.11 bits per heavy atom. The van der Waals surface area contributed by atoms with E-state index in [9.17, 15) is 4.79 Å². The predicted molar refractivity (Wildman–Crippen MR) is 101 cm³/mol. The number of benzene rings is 1. The number of amides is 1. The van der Waals surface area contributed by atoms with Crippen molar-refractivity contribution in [3.05, 3.63) is 48.3 Å². The Balaban J connectivity index is 1.33. The molecule has 2 unspecified atom stereocenters. The van der Waals surface area contributed by atoms with Crippen LogP contribution in [0.5, 0.6) is 5.75 Å². The van der Waals surface area contributed by atoms with E-state index < -0.39 is 0 Å². The Labute approximate surface area is 158 Å². The van der Waals surface area contributed by atoms with Crippen LogP contribution in [0.4, 0.5) is 5.95 Å². The number of carbonyl (C=O) groups is 1. The van der Waals surface area contributed by atoms with Crippen LogP contribution in [0, 0.1) is 0 Å². The maximum Gasteiger partial charge on any atom is 0.241 e. The molecule has 27 heavy (non-hydrogen) atoms. The third kappa shape index (κ3) is 3.86. The third-order valence-electron chi connectivity index (χ3n) is 5.12. The van der Waals surface area contributed by atoms with Crippen LogP contribution in [0.2, 0.25) is 0 Å². The van der Waals surface area contributed by atoms with Crippen LogP contribution in [-0.2, 0) is 4.79 Å². The second-order valence-corrected chi connectivity index (χ2v) is 6.77. The molecule has 2 aliphatic heterocycles. The lowest BCUT2D eigenvalue weighted by atomic mass is 10.0. The van der Waals surface area contributed by atoms with Gasteiger partial charge in [0.25, 0.3) is 0 Å². The van der Waals surface area contributed by atoms with Crippen molar-refractivity contribution >= 4 is 11.9 Å². The molecular formula is C19H24N6O2. The average Bonchev–Trinajstić information content (AvgIpc) is 3.24. The van der Waals surface area contributed by atoms with Crippen molar-refractivity contribution in [3.8, 4) is 5.75 Å². The van der Waals surface area contributed by atoms with Gasteiger partial charge in [0.15, 0.2) is 0 Å². The molecule has 142 valence electrons. The molecule has 2 atom stereocenters. The highest BCUT2D eigenvalue weighted by molar-refractivity contribution is 5.82. The Hall–Kier alpha value is -2.71. The number of hydrogen-bond acceptors (Lipinski definition) is 7. The van der Waals surface area contributed by atoms with Crippen molar-refractivity contribution in [1.82, 2.24) is 25.7 Å².